The fourth-order valence-corrected chi connectivity index (χ4v) is 4.08. The summed E-state index contributed by atoms with van der Waals surface area (Å²) in [6.07, 6.45) is 0. The van der Waals surface area contributed by atoms with Gasteiger partial charge < -0.3 is 14.4 Å². The zero-order chi connectivity index (χ0) is 16.5. The second-order valence-electron chi connectivity index (χ2n) is 5.47. The van der Waals surface area contributed by atoms with E-state index in [4.69, 9.17) is 21.1 Å². The van der Waals surface area contributed by atoms with Crippen LogP contribution in [0.25, 0.3) is 20.7 Å². The number of ether oxygens (including phenoxy) is 2. The van der Waals surface area contributed by atoms with Crippen molar-refractivity contribution in [2.45, 2.75) is 0 Å². The van der Waals surface area contributed by atoms with Crippen molar-refractivity contribution in [1.29, 1.82) is 0 Å². The SMILES string of the molecule is COc1cccc(-c2cc3nc(Cl)nc(N4CCOCC4)c3s2)c1. The smallest absolute Gasteiger partial charge is 0.224 e. The normalized spacial score (nSPS) is 15.0. The Morgan fingerprint density at radius 2 is 2.04 bits per heavy atom. The van der Waals surface area contributed by atoms with Crippen LogP contribution in [0, 0.1) is 0 Å². The number of hydrogen-bond donors (Lipinski definition) is 0. The Bertz CT molecular complexity index is 877. The molecule has 2 aromatic heterocycles. The maximum atomic E-state index is 6.15. The minimum Gasteiger partial charge on any atom is -0.497 e. The first-order valence-corrected chi connectivity index (χ1v) is 8.88. The van der Waals surface area contributed by atoms with Crippen molar-refractivity contribution in [1.82, 2.24) is 9.97 Å². The van der Waals surface area contributed by atoms with Crippen LogP contribution in [0.3, 0.4) is 0 Å². The fourth-order valence-electron chi connectivity index (χ4n) is 2.80. The second-order valence-corrected chi connectivity index (χ2v) is 6.86. The van der Waals surface area contributed by atoms with E-state index in [2.05, 4.69) is 27.0 Å². The maximum absolute atomic E-state index is 6.15. The van der Waals surface area contributed by atoms with Gasteiger partial charge in [-0.15, -0.1) is 11.3 Å². The Hall–Kier alpha value is -1.89. The van der Waals surface area contributed by atoms with Gasteiger partial charge in [-0.3, -0.25) is 0 Å². The molecule has 0 aliphatic carbocycles. The number of anilines is 1. The summed E-state index contributed by atoms with van der Waals surface area (Å²) in [7, 11) is 1.67. The van der Waals surface area contributed by atoms with Crippen LogP contribution in [0.15, 0.2) is 30.3 Å². The predicted molar refractivity (Wildman–Crippen MR) is 97.4 cm³/mol. The first-order chi connectivity index (χ1) is 11.7. The summed E-state index contributed by atoms with van der Waals surface area (Å²) >= 11 is 7.83. The Kier molecular flexibility index (Phi) is 4.26. The number of methoxy groups -OCH3 is 1. The van der Waals surface area contributed by atoms with Gasteiger partial charge in [0.2, 0.25) is 5.28 Å². The van der Waals surface area contributed by atoms with Gasteiger partial charge in [0, 0.05) is 18.0 Å². The van der Waals surface area contributed by atoms with Gasteiger partial charge in [0.15, 0.2) is 5.82 Å². The molecule has 1 saturated heterocycles. The average Bonchev–Trinajstić information content (AvgIpc) is 3.05. The van der Waals surface area contributed by atoms with Crippen LogP contribution in [0.5, 0.6) is 5.75 Å². The third kappa shape index (κ3) is 2.92. The summed E-state index contributed by atoms with van der Waals surface area (Å²) in [4.78, 5) is 12.2. The molecule has 1 aliphatic rings. The number of rotatable bonds is 3. The van der Waals surface area contributed by atoms with Crippen LogP contribution in [0.1, 0.15) is 0 Å². The molecule has 5 nitrogen and oxygen atoms in total. The molecule has 0 saturated carbocycles. The van der Waals surface area contributed by atoms with E-state index in [1.54, 1.807) is 18.4 Å². The van der Waals surface area contributed by atoms with Gasteiger partial charge in [-0.25, -0.2) is 4.98 Å². The Balaban J connectivity index is 1.82. The fraction of sp³-hybridized carbons (Fsp3) is 0.294. The van der Waals surface area contributed by atoms with Crippen molar-refractivity contribution in [2.24, 2.45) is 0 Å². The van der Waals surface area contributed by atoms with Gasteiger partial charge in [0.1, 0.15) is 5.75 Å². The van der Waals surface area contributed by atoms with E-state index in [1.807, 2.05) is 18.2 Å². The van der Waals surface area contributed by atoms with E-state index in [1.165, 1.54) is 0 Å². The summed E-state index contributed by atoms with van der Waals surface area (Å²) in [6, 6.07) is 10.1. The molecule has 4 rings (SSSR count). The molecule has 1 aliphatic heterocycles. The molecule has 24 heavy (non-hydrogen) atoms. The minimum atomic E-state index is 0.277. The molecular formula is C17H16ClN3O2S. The van der Waals surface area contributed by atoms with Gasteiger partial charge >= 0.3 is 0 Å². The van der Waals surface area contributed by atoms with Crippen molar-refractivity contribution in [3.05, 3.63) is 35.6 Å². The molecule has 0 spiro atoms. The first kappa shape index (κ1) is 15.6. The summed E-state index contributed by atoms with van der Waals surface area (Å²) in [5.74, 6) is 1.73. The number of halogens is 1. The number of hydrogen-bond acceptors (Lipinski definition) is 6. The quantitative estimate of drug-likeness (QED) is 0.663. The summed E-state index contributed by atoms with van der Waals surface area (Å²) in [5, 5.41) is 0.277. The second kappa shape index (κ2) is 6.55. The van der Waals surface area contributed by atoms with Crippen LogP contribution in [-0.4, -0.2) is 43.4 Å². The molecule has 1 aromatic carbocycles. The third-order valence-corrected chi connectivity index (χ3v) is 5.33. The molecule has 0 unspecified atom stereocenters. The average molecular weight is 362 g/mol. The molecule has 0 bridgehead atoms. The largest absolute Gasteiger partial charge is 0.497 e. The standard InChI is InChI=1S/C17H16ClN3O2S/c1-22-12-4-2-3-11(9-12)14-10-13-15(24-14)16(20-17(18)19-13)21-5-7-23-8-6-21/h2-4,9-10H,5-8H2,1H3. The molecule has 0 amide bonds. The highest BCUT2D eigenvalue weighted by Crippen LogP contribution is 2.38. The summed E-state index contributed by atoms with van der Waals surface area (Å²) in [5.41, 5.74) is 1.97. The molecule has 7 heteroatoms. The topological polar surface area (TPSA) is 47.5 Å². The lowest BCUT2D eigenvalue weighted by Gasteiger charge is -2.28. The molecule has 0 radical (unpaired) electrons. The lowest BCUT2D eigenvalue weighted by Crippen LogP contribution is -2.36. The van der Waals surface area contributed by atoms with Crippen LogP contribution < -0.4 is 9.64 Å². The molecule has 124 valence electrons. The van der Waals surface area contributed by atoms with Crippen LogP contribution in [-0.2, 0) is 4.74 Å². The highest BCUT2D eigenvalue weighted by atomic mass is 35.5. The maximum Gasteiger partial charge on any atom is 0.224 e. The van der Waals surface area contributed by atoms with Crippen molar-refractivity contribution >= 4 is 39.0 Å². The van der Waals surface area contributed by atoms with Crippen molar-refractivity contribution < 1.29 is 9.47 Å². The van der Waals surface area contributed by atoms with E-state index in [-0.39, 0.29) is 5.28 Å². The predicted octanol–water partition coefficient (Wildman–Crippen LogP) is 3.86. The van der Waals surface area contributed by atoms with Crippen molar-refractivity contribution in [3.63, 3.8) is 0 Å². The summed E-state index contributed by atoms with van der Waals surface area (Å²) in [6.45, 7) is 3.04. The van der Waals surface area contributed by atoms with Gasteiger partial charge in [-0.05, 0) is 35.4 Å². The van der Waals surface area contributed by atoms with Gasteiger partial charge in [-0.1, -0.05) is 12.1 Å². The third-order valence-electron chi connectivity index (χ3n) is 3.99. The zero-order valence-corrected chi connectivity index (χ0v) is 14.7. The number of thiophene rings is 1. The van der Waals surface area contributed by atoms with Crippen LogP contribution in [0.2, 0.25) is 5.28 Å². The lowest BCUT2D eigenvalue weighted by molar-refractivity contribution is 0.122. The van der Waals surface area contributed by atoms with E-state index in [9.17, 15) is 0 Å². The van der Waals surface area contributed by atoms with E-state index in [0.29, 0.717) is 13.2 Å². The number of benzene rings is 1. The highest BCUT2D eigenvalue weighted by molar-refractivity contribution is 7.22. The number of fused-ring (bicyclic) bond motifs is 1. The minimum absolute atomic E-state index is 0.277. The van der Waals surface area contributed by atoms with Gasteiger partial charge in [0.05, 0.1) is 30.5 Å². The highest BCUT2D eigenvalue weighted by Gasteiger charge is 2.19. The Labute approximate surface area is 148 Å². The zero-order valence-electron chi connectivity index (χ0n) is 13.2. The molecule has 0 N–H and O–H groups in total. The first-order valence-electron chi connectivity index (χ1n) is 7.69. The van der Waals surface area contributed by atoms with Crippen molar-refractivity contribution in [3.8, 4) is 16.2 Å². The lowest BCUT2D eigenvalue weighted by atomic mass is 10.2. The molecule has 3 heterocycles. The number of nitrogens with zero attached hydrogens (tertiary/aromatic N) is 3. The molecule has 0 atom stereocenters. The van der Waals surface area contributed by atoms with Crippen LogP contribution in [0.4, 0.5) is 5.82 Å². The van der Waals surface area contributed by atoms with E-state index in [0.717, 1.165) is 45.3 Å². The van der Waals surface area contributed by atoms with E-state index >= 15 is 0 Å². The monoisotopic (exact) mass is 361 g/mol. The van der Waals surface area contributed by atoms with Crippen LogP contribution >= 0.6 is 22.9 Å². The number of aromatic nitrogens is 2. The van der Waals surface area contributed by atoms with Gasteiger partial charge in [-0.2, -0.15) is 4.98 Å². The summed E-state index contributed by atoms with van der Waals surface area (Å²) < 4.78 is 11.8. The Morgan fingerprint density at radius 3 is 2.83 bits per heavy atom. The Morgan fingerprint density at radius 1 is 1.21 bits per heavy atom. The van der Waals surface area contributed by atoms with Gasteiger partial charge in [0.25, 0.3) is 0 Å². The molecular weight excluding hydrogens is 346 g/mol. The van der Waals surface area contributed by atoms with E-state index < -0.39 is 0 Å². The number of morpholine rings is 1. The molecule has 3 aromatic rings. The van der Waals surface area contributed by atoms with Crippen molar-refractivity contribution in [2.75, 3.05) is 38.3 Å². The molecule has 1 fully saturated rings.